The van der Waals surface area contributed by atoms with Crippen LogP contribution >= 0.6 is 0 Å². The Morgan fingerprint density at radius 3 is 2.93 bits per heavy atom. The largest absolute Gasteiger partial charge is 0.329 e. The molecule has 0 spiro atoms. The van der Waals surface area contributed by atoms with Crippen molar-refractivity contribution < 1.29 is 0 Å². The molecule has 1 aromatic rings. The van der Waals surface area contributed by atoms with E-state index in [1.165, 1.54) is 16.7 Å². The van der Waals surface area contributed by atoms with Crippen molar-refractivity contribution in [3.05, 3.63) is 34.9 Å². The molecule has 2 nitrogen and oxygen atoms in total. The minimum atomic E-state index is 0.519. The minimum absolute atomic E-state index is 0.519. The van der Waals surface area contributed by atoms with Gasteiger partial charge in [0.25, 0.3) is 0 Å². The predicted octanol–water partition coefficient (Wildman–Crippen LogP) is 1.31. The fourth-order valence-electron chi connectivity index (χ4n) is 2.17. The summed E-state index contributed by atoms with van der Waals surface area (Å²) in [5.74, 6) is 0. The number of likely N-dealkylation sites (N-methyl/N-ethyl adjacent to an activating group) is 1. The van der Waals surface area contributed by atoms with Gasteiger partial charge in [0.1, 0.15) is 0 Å². The topological polar surface area (TPSA) is 29.3 Å². The molecule has 1 heterocycles. The van der Waals surface area contributed by atoms with Gasteiger partial charge in [0, 0.05) is 19.1 Å². The zero-order valence-electron chi connectivity index (χ0n) is 8.96. The van der Waals surface area contributed by atoms with E-state index in [4.69, 9.17) is 5.73 Å². The van der Waals surface area contributed by atoms with Crippen molar-refractivity contribution in [3.8, 4) is 0 Å². The van der Waals surface area contributed by atoms with Crippen LogP contribution in [0.5, 0.6) is 0 Å². The molecular formula is C12H18N2. The number of hydrogen-bond acceptors (Lipinski definition) is 2. The highest BCUT2D eigenvalue weighted by molar-refractivity contribution is 5.33. The molecule has 2 heteroatoms. The lowest BCUT2D eigenvalue weighted by Gasteiger charge is -2.33. The standard InChI is InChI=1S/C12H18N2/c1-9-3-4-10-6-12(7-13)14(2)8-11(10)5-9/h3-5,12H,6-8,13H2,1-2H3/t12-/m0/s1. The number of aryl methyl sites for hydroxylation is 1. The van der Waals surface area contributed by atoms with Crippen LogP contribution in [0.1, 0.15) is 16.7 Å². The van der Waals surface area contributed by atoms with Crippen molar-refractivity contribution in [1.29, 1.82) is 0 Å². The first-order valence-electron chi connectivity index (χ1n) is 5.19. The molecule has 1 aromatic carbocycles. The highest BCUT2D eigenvalue weighted by atomic mass is 15.1. The van der Waals surface area contributed by atoms with Gasteiger partial charge in [-0.25, -0.2) is 0 Å². The van der Waals surface area contributed by atoms with E-state index in [0.717, 1.165) is 19.5 Å². The molecule has 0 saturated carbocycles. The first-order chi connectivity index (χ1) is 6.70. The highest BCUT2D eigenvalue weighted by Gasteiger charge is 2.21. The molecule has 2 rings (SSSR count). The smallest absolute Gasteiger partial charge is 0.0259 e. The van der Waals surface area contributed by atoms with E-state index in [2.05, 4.69) is 37.1 Å². The SMILES string of the molecule is Cc1ccc2c(c1)CN(C)[C@H](CN)C2. The number of hydrogen-bond donors (Lipinski definition) is 1. The molecule has 0 radical (unpaired) electrons. The molecule has 1 aliphatic rings. The Balaban J connectivity index is 2.30. The van der Waals surface area contributed by atoms with Gasteiger partial charge in [0.05, 0.1) is 0 Å². The molecule has 1 atom stereocenters. The first-order valence-corrected chi connectivity index (χ1v) is 5.19. The van der Waals surface area contributed by atoms with Gasteiger partial charge in [-0.2, -0.15) is 0 Å². The summed E-state index contributed by atoms with van der Waals surface area (Å²) >= 11 is 0. The Bertz CT molecular complexity index is 333. The van der Waals surface area contributed by atoms with Crippen molar-refractivity contribution in [2.75, 3.05) is 13.6 Å². The van der Waals surface area contributed by atoms with E-state index < -0.39 is 0 Å². The lowest BCUT2D eigenvalue weighted by atomic mass is 9.93. The Morgan fingerprint density at radius 1 is 1.43 bits per heavy atom. The zero-order chi connectivity index (χ0) is 10.1. The molecule has 0 aromatic heterocycles. The monoisotopic (exact) mass is 190 g/mol. The molecule has 2 N–H and O–H groups in total. The third-order valence-corrected chi connectivity index (χ3v) is 3.13. The number of rotatable bonds is 1. The summed E-state index contributed by atoms with van der Waals surface area (Å²) in [6.45, 7) is 3.94. The number of fused-ring (bicyclic) bond motifs is 1. The predicted molar refractivity (Wildman–Crippen MR) is 59.2 cm³/mol. The van der Waals surface area contributed by atoms with Crippen LogP contribution in [0.2, 0.25) is 0 Å². The first kappa shape index (κ1) is 9.69. The summed E-state index contributed by atoms with van der Waals surface area (Å²) in [4.78, 5) is 2.35. The zero-order valence-corrected chi connectivity index (χ0v) is 8.96. The van der Waals surface area contributed by atoms with Crippen LogP contribution in [0.25, 0.3) is 0 Å². The van der Waals surface area contributed by atoms with E-state index in [-0.39, 0.29) is 0 Å². The summed E-state index contributed by atoms with van der Waals surface area (Å²) in [6.07, 6.45) is 1.10. The third-order valence-electron chi connectivity index (χ3n) is 3.13. The fraction of sp³-hybridized carbons (Fsp3) is 0.500. The maximum atomic E-state index is 5.74. The molecule has 0 amide bonds. The van der Waals surface area contributed by atoms with Gasteiger partial charge in [0.2, 0.25) is 0 Å². The lowest BCUT2D eigenvalue weighted by Crippen LogP contribution is -2.42. The van der Waals surface area contributed by atoms with Gasteiger partial charge >= 0.3 is 0 Å². The summed E-state index contributed by atoms with van der Waals surface area (Å²) in [7, 11) is 2.16. The van der Waals surface area contributed by atoms with Crippen molar-refractivity contribution in [3.63, 3.8) is 0 Å². The van der Waals surface area contributed by atoms with Crippen LogP contribution in [-0.2, 0) is 13.0 Å². The number of benzene rings is 1. The van der Waals surface area contributed by atoms with E-state index in [1.54, 1.807) is 0 Å². The average Bonchev–Trinajstić information content (AvgIpc) is 2.16. The van der Waals surface area contributed by atoms with Gasteiger partial charge in [-0.05, 0) is 31.5 Å². The maximum absolute atomic E-state index is 5.74. The lowest BCUT2D eigenvalue weighted by molar-refractivity contribution is 0.220. The van der Waals surface area contributed by atoms with Crippen molar-refractivity contribution in [2.24, 2.45) is 5.73 Å². The van der Waals surface area contributed by atoms with Crippen molar-refractivity contribution in [2.45, 2.75) is 25.9 Å². The third kappa shape index (κ3) is 1.68. The van der Waals surface area contributed by atoms with Gasteiger partial charge in [-0.1, -0.05) is 23.8 Å². The second-order valence-electron chi connectivity index (χ2n) is 4.28. The van der Waals surface area contributed by atoms with Crippen LogP contribution in [0.15, 0.2) is 18.2 Å². The van der Waals surface area contributed by atoms with Crippen LogP contribution < -0.4 is 5.73 Å². The Kier molecular flexibility index (Phi) is 2.57. The fourth-order valence-corrected chi connectivity index (χ4v) is 2.17. The molecule has 0 saturated heterocycles. The maximum Gasteiger partial charge on any atom is 0.0259 e. The summed E-state index contributed by atoms with van der Waals surface area (Å²) in [5.41, 5.74) is 10.0. The van der Waals surface area contributed by atoms with Crippen molar-refractivity contribution >= 4 is 0 Å². The van der Waals surface area contributed by atoms with E-state index in [9.17, 15) is 0 Å². The van der Waals surface area contributed by atoms with Crippen molar-refractivity contribution in [1.82, 2.24) is 4.90 Å². The molecular weight excluding hydrogens is 172 g/mol. The van der Waals surface area contributed by atoms with Gasteiger partial charge in [-0.3, -0.25) is 4.90 Å². The summed E-state index contributed by atoms with van der Waals surface area (Å²) in [6, 6.07) is 7.25. The number of nitrogens with two attached hydrogens (primary N) is 1. The highest BCUT2D eigenvalue weighted by Crippen LogP contribution is 2.22. The second-order valence-corrected chi connectivity index (χ2v) is 4.28. The normalized spacial score (nSPS) is 22.1. The Morgan fingerprint density at radius 2 is 2.21 bits per heavy atom. The minimum Gasteiger partial charge on any atom is -0.329 e. The molecule has 1 aliphatic heterocycles. The molecule has 0 fully saturated rings. The number of nitrogens with zero attached hydrogens (tertiary/aromatic N) is 1. The van der Waals surface area contributed by atoms with Gasteiger partial charge in [-0.15, -0.1) is 0 Å². The molecule has 0 unspecified atom stereocenters. The summed E-state index contributed by atoms with van der Waals surface area (Å²) < 4.78 is 0. The molecule has 76 valence electrons. The van der Waals surface area contributed by atoms with Gasteiger partial charge < -0.3 is 5.73 Å². The Hall–Kier alpha value is -0.860. The molecule has 0 aliphatic carbocycles. The van der Waals surface area contributed by atoms with Crippen LogP contribution in [0.3, 0.4) is 0 Å². The van der Waals surface area contributed by atoms with Crippen LogP contribution in [-0.4, -0.2) is 24.5 Å². The second kappa shape index (κ2) is 3.71. The molecule has 14 heavy (non-hydrogen) atoms. The van der Waals surface area contributed by atoms with E-state index in [1.807, 2.05) is 0 Å². The summed E-state index contributed by atoms with van der Waals surface area (Å²) in [5, 5.41) is 0. The van der Waals surface area contributed by atoms with Gasteiger partial charge in [0.15, 0.2) is 0 Å². The quantitative estimate of drug-likeness (QED) is 0.723. The van der Waals surface area contributed by atoms with Crippen LogP contribution in [0, 0.1) is 6.92 Å². The average molecular weight is 190 g/mol. The Labute approximate surface area is 85.7 Å². The van der Waals surface area contributed by atoms with E-state index in [0.29, 0.717) is 6.04 Å². The van der Waals surface area contributed by atoms with E-state index >= 15 is 0 Å². The van der Waals surface area contributed by atoms with Crippen LogP contribution in [0.4, 0.5) is 0 Å². The molecule has 0 bridgehead atoms.